The lowest BCUT2D eigenvalue weighted by molar-refractivity contribution is 0.0467. The highest BCUT2D eigenvalue weighted by atomic mass is 35.5. The summed E-state index contributed by atoms with van der Waals surface area (Å²) in [6.45, 7) is 1.86. The zero-order chi connectivity index (χ0) is 18.1. The van der Waals surface area contributed by atoms with Crippen LogP contribution >= 0.6 is 22.9 Å². The van der Waals surface area contributed by atoms with Crippen LogP contribution in [0, 0.1) is 6.92 Å². The summed E-state index contributed by atoms with van der Waals surface area (Å²) in [5.41, 5.74) is 1.78. The molecule has 0 spiro atoms. The minimum absolute atomic E-state index is 0.0520. The van der Waals surface area contributed by atoms with Crippen LogP contribution in [0.5, 0.6) is 0 Å². The first-order chi connectivity index (χ1) is 12.6. The molecule has 0 N–H and O–H groups in total. The standard InChI is InChI=1S/C19H13ClN2O3S/c1-11-15(22-18(25-11)16-3-2-8-26-16)10-24-19(23)13-4-6-14-12(9-13)5-7-17(20)21-14/h2-9H,10H2,1H3. The van der Waals surface area contributed by atoms with Crippen LogP contribution in [0.15, 0.2) is 52.3 Å². The fourth-order valence-electron chi connectivity index (χ4n) is 2.51. The van der Waals surface area contributed by atoms with Gasteiger partial charge in [-0.3, -0.25) is 0 Å². The first-order valence-electron chi connectivity index (χ1n) is 7.84. The molecular weight excluding hydrogens is 372 g/mol. The third-order valence-corrected chi connectivity index (χ3v) is 4.92. The molecule has 0 radical (unpaired) electrons. The highest BCUT2D eigenvalue weighted by Gasteiger charge is 2.15. The number of hydrogen-bond donors (Lipinski definition) is 0. The molecule has 0 unspecified atom stereocenters. The number of carbonyl (C=O) groups is 1. The molecule has 3 aromatic heterocycles. The van der Waals surface area contributed by atoms with E-state index >= 15 is 0 Å². The second-order valence-corrected chi connectivity index (χ2v) is 6.95. The molecule has 0 saturated carbocycles. The molecule has 0 aliphatic carbocycles. The van der Waals surface area contributed by atoms with Gasteiger partial charge in [-0.05, 0) is 48.7 Å². The number of esters is 1. The summed E-state index contributed by atoms with van der Waals surface area (Å²) >= 11 is 7.42. The van der Waals surface area contributed by atoms with E-state index in [1.807, 2.05) is 23.6 Å². The van der Waals surface area contributed by atoms with Gasteiger partial charge in [-0.25, -0.2) is 14.8 Å². The highest BCUT2D eigenvalue weighted by molar-refractivity contribution is 7.13. The van der Waals surface area contributed by atoms with Gasteiger partial charge in [-0.15, -0.1) is 11.3 Å². The van der Waals surface area contributed by atoms with E-state index < -0.39 is 5.97 Å². The zero-order valence-electron chi connectivity index (χ0n) is 13.7. The first-order valence-corrected chi connectivity index (χ1v) is 9.09. The van der Waals surface area contributed by atoms with Gasteiger partial charge in [0.1, 0.15) is 23.2 Å². The molecule has 7 heteroatoms. The molecule has 5 nitrogen and oxygen atoms in total. The topological polar surface area (TPSA) is 65.2 Å². The van der Waals surface area contributed by atoms with E-state index in [0.717, 1.165) is 15.8 Å². The van der Waals surface area contributed by atoms with Crippen LogP contribution in [0.2, 0.25) is 5.15 Å². The summed E-state index contributed by atoms with van der Waals surface area (Å²) in [4.78, 5) is 21.9. The zero-order valence-corrected chi connectivity index (χ0v) is 15.3. The van der Waals surface area contributed by atoms with E-state index in [0.29, 0.717) is 28.1 Å². The van der Waals surface area contributed by atoms with Crippen molar-refractivity contribution < 1.29 is 13.9 Å². The van der Waals surface area contributed by atoms with Crippen molar-refractivity contribution in [3.05, 3.63) is 70.0 Å². The van der Waals surface area contributed by atoms with E-state index in [2.05, 4.69) is 9.97 Å². The molecule has 1 aromatic carbocycles. The average molecular weight is 385 g/mol. The van der Waals surface area contributed by atoms with Crippen molar-refractivity contribution in [2.75, 3.05) is 0 Å². The summed E-state index contributed by atoms with van der Waals surface area (Å²) in [7, 11) is 0. The van der Waals surface area contributed by atoms with E-state index in [1.165, 1.54) is 0 Å². The number of aryl methyl sites for hydroxylation is 1. The van der Waals surface area contributed by atoms with Crippen LogP contribution in [0.25, 0.3) is 21.7 Å². The Hall–Kier alpha value is -2.70. The molecule has 130 valence electrons. The molecule has 0 aliphatic rings. The molecule has 0 fully saturated rings. The summed E-state index contributed by atoms with van der Waals surface area (Å²) < 4.78 is 11.0. The minimum Gasteiger partial charge on any atom is -0.455 e. The van der Waals surface area contributed by atoms with Crippen LogP contribution < -0.4 is 0 Å². The molecule has 0 atom stereocenters. The fourth-order valence-corrected chi connectivity index (χ4v) is 3.32. The molecule has 0 bridgehead atoms. The number of fused-ring (bicyclic) bond motifs is 1. The maximum Gasteiger partial charge on any atom is 0.338 e. The third kappa shape index (κ3) is 3.34. The Labute approximate surface area is 158 Å². The van der Waals surface area contributed by atoms with Crippen molar-refractivity contribution in [3.8, 4) is 10.8 Å². The third-order valence-electron chi connectivity index (χ3n) is 3.86. The van der Waals surface area contributed by atoms with Crippen molar-refractivity contribution >= 4 is 39.8 Å². The SMILES string of the molecule is Cc1oc(-c2cccs2)nc1COC(=O)c1ccc2nc(Cl)ccc2c1. The second-order valence-electron chi connectivity index (χ2n) is 5.62. The number of oxazole rings is 1. The molecule has 26 heavy (non-hydrogen) atoms. The molecule has 0 amide bonds. The second kappa shape index (κ2) is 6.90. The molecule has 0 saturated heterocycles. The number of halogens is 1. The van der Waals surface area contributed by atoms with E-state index in [9.17, 15) is 4.79 Å². The summed E-state index contributed by atoms with van der Waals surface area (Å²) in [5.74, 6) is 0.748. The van der Waals surface area contributed by atoms with Crippen molar-refractivity contribution in [2.24, 2.45) is 0 Å². The number of rotatable bonds is 4. The van der Waals surface area contributed by atoms with Crippen LogP contribution in [0.1, 0.15) is 21.8 Å². The van der Waals surface area contributed by atoms with Gasteiger partial charge in [0.05, 0.1) is 16.0 Å². The lowest BCUT2D eigenvalue weighted by atomic mass is 10.1. The fraction of sp³-hybridized carbons (Fsp3) is 0.105. The van der Waals surface area contributed by atoms with Gasteiger partial charge in [0.2, 0.25) is 5.89 Å². The summed E-state index contributed by atoms with van der Waals surface area (Å²) in [6.07, 6.45) is 0. The van der Waals surface area contributed by atoms with Crippen molar-refractivity contribution in [3.63, 3.8) is 0 Å². The number of benzene rings is 1. The van der Waals surface area contributed by atoms with Crippen LogP contribution in [-0.2, 0) is 11.3 Å². The van der Waals surface area contributed by atoms with Gasteiger partial charge in [-0.2, -0.15) is 0 Å². The predicted octanol–water partition coefficient (Wildman–Crippen LogP) is 5.27. The van der Waals surface area contributed by atoms with Crippen molar-refractivity contribution in [2.45, 2.75) is 13.5 Å². The Bertz CT molecular complexity index is 1090. The highest BCUT2D eigenvalue weighted by Crippen LogP contribution is 2.26. The van der Waals surface area contributed by atoms with Crippen LogP contribution in [-0.4, -0.2) is 15.9 Å². The Morgan fingerprint density at radius 1 is 1.23 bits per heavy atom. The minimum atomic E-state index is -0.429. The van der Waals surface area contributed by atoms with E-state index in [1.54, 1.807) is 42.5 Å². The quantitative estimate of drug-likeness (QED) is 0.354. The normalized spacial score (nSPS) is 11.0. The Balaban J connectivity index is 1.49. The summed E-state index contributed by atoms with van der Waals surface area (Å²) in [5, 5.41) is 3.19. The number of carbonyl (C=O) groups excluding carboxylic acids is 1. The van der Waals surface area contributed by atoms with Gasteiger partial charge in [-0.1, -0.05) is 17.7 Å². The van der Waals surface area contributed by atoms with E-state index in [4.69, 9.17) is 20.8 Å². The maximum atomic E-state index is 12.4. The van der Waals surface area contributed by atoms with E-state index in [-0.39, 0.29) is 6.61 Å². The van der Waals surface area contributed by atoms with Gasteiger partial charge >= 0.3 is 5.97 Å². The number of thiophene rings is 1. The van der Waals surface area contributed by atoms with Crippen LogP contribution in [0.3, 0.4) is 0 Å². The lowest BCUT2D eigenvalue weighted by Crippen LogP contribution is -2.06. The molecule has 0 aliphatic heterocycles. The Morgan fingerprint density at radius 3 is 2.92 bits per heavy atom. The molecular formula is C19H13ClN2O3S. The average Bonchev–Trinajstić information content (AvgIpc) is 3.29. The van der Waals surface area contributed by atoms with Gasteiger partial charge in [0.25, 0.3) is 0 Å². The van der Waals surface area contributed by atoms with Crippen LogP contribution in [0.4, 0.5) is 0 Å². The number of nitrogens with zero attached hydrogens (tertiary/aromatic N) is 2. The molecule has 4 aromatic rings. The van der Waals surface area contributed by atoms with Crippen molar-refractivity contribution in [1.29, 1.82) is 0 Å². The number of ether oxygens (including phenoxy) is 1. The summed E-state index contributed by atoms with van der Waals surface area (Å²) in [6, 6.07) is 12.5. The Kier molecular flexibility index (Phi) is 4.44. The van der Waals surface area contributed by atoms with Gasteiger partial charge in [0.15, 0.2) is 0 Å². The number of hydrogen-bond acceptors (Lipinski definition) is 6. The lowest BCUT2D eigenvalue weighted by Gasteiger charge is -2.05. The predicted molar refractivity (Wildman–Crippen MR) is 100 cm³/mol. The maximum absolute atomic E-state index is 12.4. The molecule has 3 heterocycles. The molecule has 4 rings (SSSR count). The monoisotopic (exact) mass is 384 g/mol. The van der Waals surface area contributed by atoms with Gasteiger partial charge in [0, 0.05) is 5.39 Å². The number of aromatic nitrogens is 2. The first kappa shape index (κ1) is 16.8. The van der Waals surface area contributed by atoms with Gasteiger partial charge < -0.3 is 9.15 Å². The number of pyridine rings is 1. The Morgan fingerprint density at radius 2 is 2.12 bits per heavy atom. The largest absolute Gasteiger partial charge is 0.455 e. The smallest absolute Gasteiger partial charge is 0.338 e. The van der Waals surface area contributed by atoms with Crippen molar-refractivity contribution in [1.82, 2.24) is 9.97 Å².